The van der Waals surface area contributed by atoms with Gasteiger partial charge in [0.15, 0.2) is 0 Å². The van der Waals surface area contributed by atoms with Crippen LogP contribution in [0.5, 0.6) is 0 Å². The lowest BCUT2D eigenvalue weighted by Crippen LogP contribution is -2.12. The van der Waals surface area contributed by atoms with E-state index in [0.29, 0.717) is 0 Å². The summed E-state index contributed by atoms with van der Waals surface area (Å²) in [5, 5.41) is 0. The van der Waals surface area contributed by atoms with Crippen molar-refractivity contribution in [2.45, 2.75) is 39.2 Å². The van der Waals surface area contributed by atoms with Gasteiger partial charge in [0, 0.05) is 24.6 Å². The summed E-state index contributed by atoms with van der Waals surface area (Å²) in [5.74, 6) is 0.754. The third-order valence-corrected chi connectivity index (χ3v) is 2.26. The van der Waals surface area contributed by atoms with E-state index >= 15 is 0 Å². The molecule has 1 aromatic heterocycles. The van der Waals surface area contributed by atoms with Gasteiger partial charge in [-0.05, 0) is 12.3 Å². The summed E-state index contributed by atoms with van der Waals surface area (Å²) in [6.07, 6.45) is 8.50. The summed E-state index contributed by atoms with van der Waals surface area (Å²) in [4.78, 5) is 8.20. The molecule has 0 saturated heterocycles. The van der Waals surface area contributed by atoms with Crippen LogP contribution in [0.25, 0.3) is 0 Å². The van der Waals surface area contributed by atoms with Crippen LogP contribution in [-0.4, -0.2) is 9.97 Å². The highest BCUT2D eigenvalue weighted by atomic mass is 14.8. The van der Waals surface area contributed by atoms with Crippen LogP contribution in [-0.2, 0) is 0 Å². The van der Waals surface area contributed by atoms with E-state index in [2.05, 4.69) is 23.8 Å². The quantitative estimate of drug-likeness (QED) is 0.780. The molecule has 1 unspecified atom stereocenters. The van der Waals surface area contributed by atoms with Crippen LogP contribution in [0.15, 0.2) is 18.6 Å². The van der Waals surface area contributed by atoms with E-state index in [4.69, 9.17) is 5.73 Å². The van der Waals surface area contributed by atoms with Crippen molar-refractivity contribution in [2.75, 3.05) is 0 Å². The molecule has 1 rings (SSSR count). The first-order chi connectivity index (χ1) is 6.70. The molecule has 14 heavy (non-hydrogen) atoms. The Morgan fingerprint density at radius 1 is 1.29 bits per heavy atom. The Balaban J connectivity index is 2.32. The Morgan fingerprint density at radius 2 is 2.07 bits per heavy atom. The standard InChI is InChI=1S/C11H19N3/c1-9(2)4-3-5-10(12)11-8-13-6-7-14-11/h6-10H,3-5,12H2,1-2H3. The fourth-order valence-electron chi connectivity index (χ4n) is 1.40. The average Bonchev–Trinajstić information content (AvgIpc) is 2.18. The summed E-state index contributed by atoms with van der Waals surface area (Å²) >= 11 is 0. The Morgan fingerprint density at radius 3 is 2.64 bits per heavy atom. The molecule has 0 aliphatic heterocycles. The largest absolute Gasteiger partial charge is 0.323 e. The van der Waals surface area contributed by atoms with Crippen molar-refractivity contribution in [3.63, 3.8) is 0 Å². The number of rotatable bonds is 5. The van der Waals surface area contributed by atoms with Gasteiger partial charge in [0.2, 0.25) is 0 Å². The monoisotopic (exact) mass is 193 g/mol. The van der Waals surface area contributed by atoms with Crippen molar-refractivity contribution >= 4 is 0 Å². The molecular weight excluding hydrogens is 174 g/mol. The molecule has 78 valence electrons. The van der Waals surface area contributed by atoms with E-state index in [1.54, 1.807) is 18.6 Å². The maximum atomic E-state index is 5.98. The minimum Gasteiger partial charge on any atom is -0.323 e. The maximum Gasteiger partial charge on any atom is 0.0753 e. The predicted molar refractivity (Wildman–Crippen MR) is 57.6 cm³/mol. The Bertz CT molecular complexity index is 246. The first-order valence-electron chi connectivity index (χ1n) is 5.21. The highest BCUT2D eigenvalue weighted by molar-refractivity contribution is 5.00. The Kier molecular flexibility index (Phi) is 4.53. The van der Waals surface area contributed by atoms with Crippen LogP contribution in [0, 0.1) is 5.92 Å². The van der Waals surface area contributed by atoms with Crippen LogP contribution in [0.2, 0.25) is 0 Å². The van der Waals surface area contributed by atoms with Gasteiger partial charge in [-0.1, -0.05) is 26.7 Å². The van der Waals surface area contributed by atoms with Gasteiger partial charge in [0.1, 0.15) is 0 Å². The van der Waals surface area contributed by atoms with E-state index < -0.39 is 0 Å². The molecule has 0 spiro atoms. The Hall–Kier alpha value is -0.960. The van der Waals surface area contributed by atoms with Crippen LogP contribution in [0.4, 0.5) is 0 Å². The minimum atomic E-state index is 0.0439. The SMILES string of the molecule is CC(C)CCCC(N)c1cnccn1. The molecule has 2 N–H and O–H groups in total. The molecular formula is C11H19N3. The third-order valence-electron chi connectivity index (χ3n) is 2.26. The van der Waals surface area contributed by atoms with Crippen LogP contribution >= 0.6 is 0 Å². The van der Waals surface area contributed by atoms with Crippen molar-refractivity contribution in [1.29, 1.82) is 0 Å². The number of hydrogen-bond donors (Lipinski definition) is 1. The smallest absolute Gasteiger partial charge is 0.0753 e. The van der Waals surface area contributed by atoms with Crippen molar-refractivity contribution in [2.24, 2.45) is 11.7 Å². The zero-order valence-corrected chi connectivity index (χ0v) is 8.98. The van der Waals surface area contributed by atoms with Gasteiger partial charge in [-0.15, -0.1) is 0 Å². The molecule has 1 aromatic rings. The lowest BCUT2D eigenvalue weighted by atomic mass is 10.0. The lowest BCUT2D eigenvalue weighted by molar-refractivity contribution is 0.500. The van der Waals surface area contributed by atoms with Gasteiger partial charge in [0.05, 0.1) is 5.69 Å². The van der Waals surface area contributed by atoms with E-state index in [1.807, 2.05) is 0 Å². The number of nitrogens with two attached hydrogens (primary N) is 1. The molecule has 0 saturated carbocycles. The summed E-state index contributed by atoms with van der Waals surface area (Å²) < 4.78 is 0. The van der Waals surface area contributed by atoms with Gasteiger partial charge < -0.3 is 5.73 Å². The first-order valence-corrected chi connectivity index (χ1v) is 5.21. The second-order valence-corrected chi connectivity index (χ2v) is 4.06. The predicted octanol–water partition coefficient (Wildman–Crippen LogP) is 2.30. The van der Waals surface area contributed by atoms with E-state index in [-0.39, 0.29) is 6.04 Å². The number of nitrogens with zero attached hydrogens (tertiary/aromatic N) is 2. The number of aromatic nitrogens is 2. The minimum absolute atomic E-state index is 0.0439. The van der Waals surface area contributed by atoms with E-state index in [0.717, 1.165) is 24.5 Å². The average molecular weight is 193 g/mol. The van der Waals surface area contributed by atoms with E-state index in [9.17, 15) is 0 Å². The highest BCUT2D eigenvalue weighted by Gasteiger charge is 2.06. The Labute approximate surface area is 85.8 Å². The maximum absolute atomic E-state index is 5.98. The van der Waals surface area contributed by atoms with Crippen LogP contribution in [0.1, 0.15) is 44.8 Å². The van der Waals surface area contributed by atoms with Crippen LogP contribution in [0.3, 0.4) is 0 Å². The molecule has 0 aliphatic carbocycles. The zero-order chi connectivity index (χ0) is 10.4. The van der Waals surface area contributed by atoms with Crippen molar-refractivity contribution in [3.8, 4) is 0 Å². The lowest BCUT2D eigenvalue weighted by Gasteiger charge is -2.10. The van der Waals surface area contributed by atoms with Gasteiger partial charge in [-0.2, -0.15) is 0 Å². The molecule has 0 amide bonds. The third kappa shape index (κ3) is 3.83. The molecule has 0 aromatic carbocycles. The van der Waals surface area contributed by atoms with Crippen molar-refractivity contribution in [3.05, 3.63) is 24.3 Å². The second kappa shape index (κ2) is 5.70. The van der Waals surface area contributed by atoms with Crippen LogP contribution < -0.4 is 5.73 Å². The summed E-state index contributed by atoms with van der Waals surface area (Å²) in [6.45, 7) is 4.46. The summed E-state index contributed by atoms with van der Waals surface area (Å²) in [6, 6.07) is 0.0439. The molecule has 1 heterocycles. The molecule has 3 nitrogen and oxygen atoms in total. The summed E-state index contributed by atoms with van der Waals surface area (Å²) in [5.41, 5.74) is 6.88. The van der Waals surface area contributed by atoms with Gasteiger partial charge >= 0.3 is 0 Å². The number of hydrogen-bond acceptors (Lipinski definition) is 3. The van der Waals surface area contributed by atoms with Gasteiger partial charge in [-0.25, -0.2) is 0 Å². The molecule has 0 fully saturated rings. The first kappa shape index (κ1) is 11.1. The van der Waals surface area contributed by atoms with Gasteiger partial charge in [0.25, 0.3) is 0 Å². The van der Waals surface area contributed by atoms with Crippen molar-refractivity contribution in [1.82, 2.24) is 9.97 Å². The fourth-order valence-corrected chi connectivity index (χ4v) is 1.40. The molecule has 0 radical (unpaired) electrons. The topological polar surface area (TPSA) is 51.8 Å². The second-order valence-electron chi connectivity index (χ2n) is 4.06. The fraction of sp³-hybridized carbons (Fsp3) is 0.636. The van der Waals surface area contributed by atoms with Crippen molar-refractivity contribution < 1.29 is 0 Å². The zero-order valence-electron chi connectivity index (χ0n) is 8.98. The molecule has 3 heteroatoms. The van der Waals surface area contributed by atoms with Gasteiger partial charge in [-0.3, -0.25) is 9.97 Å². The highest BCUT2D eigenvalue weighted by Crippen LogP contribution is 2.15. The normalized spacial score (nSPS) is 13.1. The summed E-state index contributed by atoms with van der Waals surface area (Å²) in [7, 11) is 0. The molecule has 1 atom stereocenters. The van der Waals surface area contributed by atoms with E-state index in [1.165, 1.54) is 6.42 Å². The molecule has 0 bridgehead atoms. The molecule has 0 aliphatic rings.